The first-order valence-electron chi connectivity index (χ1n) is 10.0. The molecule has 0 spiro atoms. The second-order valence-corrected chi connectivity index (χ2v) is 8.01. The SMILES string of the molecule is CC1CCCCC1Nc1cc[nH]c(=O)c1C(N)=Nc1cccc(CN(C)C)c1. The molecular formula is C22H31N5O. The summed E-state index contributed by atoms with van der Waals surface area (Å²) in [6, 6.07) is 10.2. The van der Waals surface area contributed by atoms with Gasteiger partial charge in [-0.2, -0.15) is 0 Å². The van der Waals surface area contributed by atoms with Crippen LogP contribution in [0.5, 0.6) is 0 Å². The molecule has 1 fully saturated rings. The van der Waals surface area contributed by atoms with Crippen LogP contribution in [0.15, 0.2) is 46.3 Å². The fourth-order valence-electron chi connectivity index (χ4n) is 3.87. The van der Waals surface area contributed by atoms with E-state index in [0.717, 1.165) is 29.9 Å². The summed E-state index contributed by atoms with van der Waals surface area (Å²) in [5.74, 6) is 0.802. The van der Waals surface area contributed by atoms with Gasteiger partial charge < -0.3 is 20.9 Å². The lowest BCUT2D eigenvalue weighted by atomic mass is 9.85. The maximum Gasteiger partial charge on any atom is 0.261 e. The van der Waals surface area contributed by atoms with Crippen LogP contribution in [-0.4, -0.2) is 35.9 Å². The Morgan fingerprint density at radius 1 is 1.29 bits per heavy atom. The summed E-state index contributed by atoms with van der Waals surface area (Å²) >= 11 is 0. The Bertz CT molecular complexity index is 886. The number of aromatic nitrogens is 1. The van der Waals surface area contributed by atoms with E-state index in [1.54, 1.807) is 6.20 Å². The van der Waals surface area contributed by atoms with Crippen LogP contribution in [0.3, 0.4) is 0 Å². The van der Waals surface area contributed by atoms with Crippen LogP contribution >= 0.6 is 0 Å². The molecule has 0 bridgehead atoms. The molecule has 6 nitrogen and oxygen atoms in total. The highest BCUT2D eigenvalue weighted by molar-refractivity contribution is 6.03. The van der Waals surface area contributed by atoms with Crippen molar-refractivity contribution in [1.82, 2.24) is 9.88 Å². The Kier molecular flexibility index (Phi) is 6.52. The van der Waals surface area contributed by atoms with Gasteiger partial charge in [-0.25, -0.2) is 4.99 Å². The molecule has 150 valence electrons. The van der Waals surface area contributed by atoms with Crippen LogP contribution in [0.2, 0.25) is 0 Å². The van der Waals surface area contributed by atoms with Gasteiger partial charge >= 0.3 is 0 Å². The molecule has 4 N–H and O–H groups in total. The summed E-state index contributed by atoms with van der Waals surface area (Å²) in [7, 11) is 4.05. The molecule has 1 saturated carbocycles. The largest absolute Gasteiger partial charge is 0.383 e. The van der Waals surface area contributed by atoms with Crippen molar-refractivity contribution in [2.24, 2.45) is 16.6 Å². The molecule has 2 aromatic rings. The number of anilines is 1. The zero-order valence-electron chi connectivity index (χ0n) is 17.0. The number of hydrogen-bond acceptors (Lipinski definition) is 4. The van der Waals surface area contributed by atoms with E-state index in [1.807, 2.05) is 38.4 Å². The van der Waals surface area contributed by atoms with Crippen LogP contribution in [0.1, 0.15) is 43.7 Å². The number of rotatable bonds is 6. The summed E-state index contributed by atoms with van der Waals surface area (Å²) in [6.45, 7) is 3.08. The third kappa shape index (κ3) is 5.01. The molecule has 3 rings (SSSR count). The van der Waals surface area contributed by atoms with Crippen LogP contribution in [0, 0.1) is 5.92 Å². The van der Waals surface area contributed by atoms with Gasteiger partial charge in [0.2, 0.25) is 0 Å². The molecule has 0 saturated heterocycles. The number of benzene rings is 1. The number of amidine groups is 1. The van der Waals surface area contributed by atoms with Gasteiger partial charge in [-0.1, -0.05) is 31.9 Å². The van der Waals surface area contributed by atoms with Gasteiger partial charge in [-0.05, 0) is 56.6 Å². The van der Waals surface area contributed by atoms with Gasteiger partial charge in [0.1, 0.15) is 11.4 Å². The van der Waals surface area contributed by atoms with E-state index in [4.69, 9.17) is 5.73 Å². The predicted octanol–water partition coefficient (Wildman–Crippen LogP) is 3.46. The van der Waals surface area contributed by atoms with E-state index in [2.05, 4.69) is 33.2 Å². The number of aliphatic imine (C=N–C) groups is 1. The van der Waals surface area contributed by atoms with Crippen LogP contribution in [0.4, 0.5) is 11.4 Å². The highest BCUT2D eigenvalue weighted by Crippen LogP contribution is 2.27. The fraction of sp³-hybridized carbons (Fsp3) is 0.455. The van der Waals surface area contributed by atoms with Gasteiger partial charge in [0.25, 0.3) is 5.56 Å². The highest BCUT2D eigenvalue weighted by Gasteiger charge is 2.23. The molecule has 1 aliphatic carbocycles. The first kappa shape index (κ1) is 20.1. The van der Waals surface area contributed by atoms with Crippen molar-refractivity contribution >= 4 is 17.2 Å². The third-order valence-electron chi connectivity index (χ3n) is 5.33. The Labute approximate surface area is 166 Å². The smallest absolute Gasteiger partial charge is 0.261 e. The summed E-state index contributed by atoms with van der Waals surface area (Å²) in [4.78, 5) is 21.9. The minimum Gasteiger partial charge on any atom is -0.383 e. The highest BCUT2D eigenvalue weighted by atomic mass is 16.1. The topological polar surface area (TPSA) is 86.5 Å². The number of nitrogens with zero attached hydrogens (tertiary/aromatic N) is 2. The van der Waals surface area contributed by atoms with Crippen molar-refractivity contribution in [3.05, 3.63) is 58.0 Å². The zero-order valence-corrected chi connectivity index (χ0v) is 17.0. The van der Waals surface area contributed by atoms with Crippen molar-refractivity contribution in [2.75, 3.05) is 19.4 Å². The normalized spacial score (nSPS) is 20.4. The monoisotopic (exact) mass is 381 g/mol. The van der Waals surface area contributed by atoms with Gasteiger partial charge in [0.15, 0.2) is 0 Å². The summed E-state index contributed by atoms with van der Waals surface area (Å²) in [5, 5.41) is 3.56. The van der Waals surface area contributed by atoms with Gasteiger partial charge in [-0.3, -0.25) is 4.79 Å². The number of hydrogen-bond donors (Lipinski definition) is 3. The summed E-state index contributed by atoms with van der Waals surface area (Å²) in [6.07, 6.45) is 6.46. The molecule has 1 aromatic heterocycles. The van der Waals surface area contributed by atoms with E-state index >= 15 is 0 Å². The van der Waals surface area contributed by atoms with Gasteiger partial charge in [0, 0.05) is 18.8 Å². The molecule has 28 heavy (non-hydrogen) atoms. The Hall–Kier alpha value is -2.60. The maximum atomic E-state index is 12.5. The predicted molar refractivity (Wildman–Crippen MR) is 116 cm³/mol. The lowest BCUT2D eigenvalue weighted by Gasteiger charge is -2.30. The number of nitrogens with two attached hydrogens (primary N) is 1. The van der Waals surface area contributed by atoms with E-state index in [0.29, 0.717) is 17.5 Å². The van der Waals surface area contributed by atoms with Crippen molar-refractivity contribution in [1.29, 1.82) is 0 Å². The molecule has 0 aliphatic heterocycles. The van der Waals surface area contributed by atoms with Gasteiger partial charge in [0.05, 0.1) is 11.4 Å². The third-order valence-corrected chi connectivity index (χ3v) is 5.33. The van der Waals surface area contributed by atoms with Crippen LogP contribution < -0.4 is 16.6 Å². The standard InChI is InChI=1S/C22H31N5O/c1-15-7-4-5-10-18(15)26-19-11-12-24-22(28)20(19)21(23)25-17-9-6-8-16(13-17)14-27(2)3/h6,8-9,11-13,15,18H,4-5,7,10,14H2,1-3H3,(H2,23,25)(H2,24,26,28). The molecule has 2 atom stereocenters. The summed E-state index contributed by atoms with van der Waals surface area (Å²) < 4.78 is 0. The molecule has 2 unspecified atom stereocenters. The van der Waals surface area contributed by atoms with Crippen molar-refractivity contribution in [2.45, 2.75) is 45.2 Å². The quantitative estimate of drug-likeness (QED) is 0.528. The lowest BCUT2D eigenvalue weighted by Crippen LogP contribution is -2.33. The molecular weight excluding hydrogens is 350 g/mol. The average molecular weight is 382 g/mol. The number of H-pyrrole nitrogens is 1. The molecule has 1 aromatic carbocycles. The van der Waals surface area contributed by atoms with Crippen molar-refractivity contribution in [3.63, 3.8) is 0 Å². The Morgan fingerprint density at radius 2 is 2.07 bits per heavy atom. The van der Waals surface area contributed by atoms with E-state index < -0.39 is 0 Å². The zero-order chi connectivity index (χ0) is 20.1. The summed E-state index contributed by atoms with van der Waals surface area (Å²) in [5.41, 5.74) is 9.14. The number of nitrogens with one attached hydrogen (secondary N) is 2. The second-order valence-electron chi connectivity index (χ2n) is 8.01. The molecule has 0 radical (unpaired) electrons. The minimum absolute atomic E-state index is 0.223. The molecule has 0 amide bonds. The number of aromatic amines is 1. The fourth-order valence-corrected chi connectivity index (χ4v) is 3.87. The van der Waals surface area contributed by atoms with Crippen LogP contribution in [-0.2, 0) is 6.54 Å². The minimum atomic E-state index is -0.223. The first-order valence-corrected chi connectivity index (χ1v) is 10.0. The molecule has 1 aliphatic rings. The van der Waals surface area contributed by atoms with Crippen LogP contribution in [0.25, 0.3) is 0 Å². The van der Waals surface area contributed by atoms with E-state index in [-0.39, 0.29) is 11.4 Å². The van der Waals surface area contributed by atoms with Gasteiger partial charge in [-0.15, -0.1) is 0 Å². The first-order chi connectivity index (χ1) is 13.4. The van der Waals surface area contributed by atoms with Crippen molar-refractivity contribution in [3.8, 4) is 0 Å². The second kappa shape index (κ2) is 9.06. The number of pyridine rings is 1. The average Bonchev–Trinajstić information content (AvgIpc) is 2.63. The molecule has 1 heterocycles. The van der Waals surface area contributed by atoms with E-state index in [1.165, 1.54) is 19.3 Å². The Balaban J connectivity index is 1.90. The van der Waals surface area contributed by atoms with Crippen molar-refractivity contribution < 1.29 is 0 Å². The molecule has 6 heteroatoms. The maximum absolute atomic E-state index is 12.5. The van der Waals surface area contributed by atoms with E-state index in [9.17, 15) is 4.79 Å². The Morgan fingerprint density at radius 3 is 2.82 bits per heavy atom. The lowest BCUT2D eigenvalue weighted by molar-refractivity contribution is 0.349.